The summed E-state index contributed by atoms with van der Waals surface area (Å²) >= 11 is 0. The number of nitrogens with zero attached hydrogens (tertiary/aromatic N) is 2. The summed E-state index contributed by atoms with van der Waals surface area (Å²) in [5.74, 6) is 1.47. The van der Waals surface area contributed by atoms with E-state index in [1.54, 1.807) is 6.20 Å². The van der Waals surface area contributed by atoms with Gasteiger partial charge in [0.25, 0.3) is 0 Å². The fourth-order valence-electron chi connectivity index (χ4n) is 2.79. The van der Waals surface area contributed by atoms with Crippen LogP contribution in [-0.2, 0) is 6.54 Å². The highest BCUT2D eigenvalue weighted by Gasteiger charge is 2.10. The molecule has 0 fully saturated rings. The van der Waals surface area contributed by atoms with E-state index in [2.05, 4.69) is 41.0 Å². The number of rotatable bonds is 8. The molecule has 1 aromatic carbocycles. The Labute approximate surface area is 160 Å². The number of halogens is 1. The average molecular weight is 401 g/mol. The van der Waals surface area contributed by atoms with E-state index < -0.39 is 0 Å². The van der Waals surface area contributed by atoms with Crippen LogP contribution in [0.3, 0.4) is 0 Å². The van der Waals surface area contributed by atoms with Crippen molar-refractivity contribution in [2.45, 2.75) is 45.6 Å². The van der Waals surface area contributed by atoms with Crippen LogP contribution < -0.4 is 21.5 Å². The van der Waals surface area contributed by atoms with Gasteiger partial charge in [0, 0.05) is 29.7 Å². The Balaban J connectivity index is 0.00000225. The van der Waals surface area contributed by atoms with Crippen molar-refractivity contribution in [3.63, 3.8) is 0 Å². The zero-order valence-electron chi connectivity index (χ0n) is 14.7. The first-order valence-electron chi connectivity index (χ1n) is 8.87. The zero-order valence-corrected chi connectivity index (χ0v) is 16.3. The van der Waals surface area contributed by atoms with Gasteiger partial charge in [-0.25, -0.2) is 9.55 Å². The zero-order chi connectivity index (χ0) is 16.6. The molecule has 3 nitrogen and oxygen atoms in total. The third-order valence-corrected chi connectivity index (χ3v) is 4.22. The number of hydrogen-bond acceptors (Lipinski definition) is 2. The molecule has 0 saturated carbocycles. The molecular formula is C21H25BrN2O. The monoisotopic (exact) mass is 400 g/mol. The second kappa shape index (κ2) is 10.1. The van der Waals surface area contributed by atoms with Gasteiger partial charge < -0.3 is 21.4 Å². The van der Waals surface area contributed by atoms with Crippen LogP contribution in [0.5, 0.6) is 0 Å². The first-order valence-corrected chi connectivity index (χ1v) is 8.87. The SMILES string of the molecule is CCCCCCC[n+]1ccc(-c2ncc(-c3ccccc3)o2)cc1.[Br-]. The smallest absolute Gasteiger partial charge is 0.227 e. The molecule has 0 aliphatic rings. The average Bonchev–Trinajstić information content (AvgIpc) is 3.13. The highest BCUT2D eigenvalue weighted by molar-refractivity contribution is 5.60. The molecular weight excluding hydrogens is 376 g/mol. The molecule has 3 aromatic rings. The molecule has 2 aromatic heterocycles. The van der Waals surface area contributed by atoms with Gasteiger partial charge in [-0.1, -0.05) is 56.5 Å². The van der Waals surface area contributed by atoms with E-state index in [1.807, 2.05) is 30.3 Å². The molecule has 0 bridgehead atoms. The first-order chi connectivity index (χ1) is 11.9. The summed E-state index contributed by atoms with van der Waals surface area (Å²) in [4.78, 5) is 4.41. The Morgan fingerprint density at radius 2 is 1.60 bits per heavy atom. The Morgan fingerprint density at radius 3 is 2.32 bits per heavy atom. The van der Waals surface area contributed by atoms with Crippen molar-refractivity contribution in [2.75, 3.05) is 0 Å². The molecule has 0 amide bonds. The molecule has 3 rings (SSSR count). The van der Waals surface area contributed by atoms with Gasteiger partial charge in [0.1, 0.15) is 6.54 Å². The molecule has 2 heterocycles. The van der Waals surface area contributed by atoms with Crippen LogP contribution in [-0.4, -0.2) is 4.98 Å². The number of oxazole rings is 1. The number of pyridine rings is 1. The molecule has 132 valence electrons. The summed E-state index contributed by atoms with van der Waals surface area (Å²) < 4.78 is 8.13. The van der Waals surface area contributed by atoms with Crippen LogP contribution >= 0.6 is 0 Å². The van der Waals surface area contributed by atoms with Gasteiger partial charge >= 0.3 is 0 Å². The van der Waals surface area contributed by atoms with Crippen LogP contribution in [0.25, 0.3) is 22.8 Å². The summed E-state index contributed by atoms with van der Waals surface area (Å²) in [6.07, 6.45) is 12.5. The van der Waals surface area contributed by atoms with Crippen molar-refractivity contribution < 1.29 is 26.0 Å². The molecule has 0 spiro atoms. The number of aromatic nitrogens is 2. The van der Waals surface area contributed by atoms with E-state index in [-0.39, 0.29) is 17.0 Å². The molecule has 0 radical (unpaired) electrons. The number of unbranched alkanes of at least 4 members (excludes halogenated alkanes) is 4. The van der Waals surface area contributed by atoms with Crippen LogP contribution in [0.1, 0.15) is 39.0 Å². The highest BCUT2D eigenvalue weighted by atomic mass is 79.9. The number of aryl methyl sites for hydroxylation is 1. The van der Waals surface area contributed by atoms with Gasteiger partial charge in [0.2, 0.25) is 5.89 Å². The van der Waals surface area contributed by atoms with Crippen molar-refractivity contribution in [3.8, 4) is 22.8 Å². The maximum absolute atomic E-state index is 5.90. The second-order valence-electron chi connectivity index (χ2n) is 6.13. The van der Waals surface area contributed by atoms with E-state index in [1.165, 1.54) is 32.1 Å². The summed E-state index contributed by atoms with van der Waals surface area (Å²) in [6.45, 7) is 3.32. The number of benzene rings is 1. The lowest BCUT2D eigenvalue weighted by molar-refractivity contribution is -0.697. The second-order valence-corrected chi connectivity index (χ2v) is 6.13. The summed E-state index contributed by atoms with van der Waals surface area (Å²) in [5, 5.41) is 0. The highest BCUT2D eigenvalue weighted by Crippen LogP contribution is 2.25. The van der Waals surface area contributed by atoms with Crippen LogP contribution in [0.2, 0.25) is 0 Å². The van der Waals surface area contributed by atoms with Gasteiger partial charge in [-0.3, -0.25) is 0 Å². The van der Waals surface area contributed by atoms with Gasteiger partial charge in [-0.2, -0.15) is 0 Å². The largest absolute Gasteiger partial charge is 1.00 e. The van der Waals surface area contributed by atoms with E-state index in [9.17, 15) is 0 Å². The Kier molecular flexibility index (Phi) is 7.86. The van der Waals surface area contributed by atoms with Crippen LogP contribution in [0.4, 0.5) is 0 Å². The van der Waals surface area contributed by atoms with Crippen molar-refractivity contribution in [3.05, 3.63) is 61.1 Å². The van der Waals surface area contributed by atoms with Gasteiger partial charge in [-0.05, 0) is 6.42 Å². The van der Waals surface area contributed by atoms with Gasteiger partial charge in [0.15, 0.2) is 18.2 Å². The molecule has 25 heavy (non-hydrogen) atoms. The molecule has 0 N–H and O–H groups in total. The Morgan fingerprint density at radius 1 is 0.880 bits per heavy atom. The van der Waals surface area contributed by atoms with E-state index in [0.717, 1.165) is 23.4 Å². The normalized spacial score (nSPS) is 10.4. The molecule has 0 unspecified atom stereocenters. The predicted octanol–water partition coefficient (Wildman–Crippen LogP) is 2.27. The quantitative estimate of drug-likeness (QED) is 0.428. The van der Waals surface area contributed by atoms with Crippen molar-refractivity contribution >= 4 is 0 Å². The maximum Gasteiger partial charge on any atom is 0.227 e. The summed E-state index contributed by atoms with van der Waals surface area (Å²) in [6, 6.07) is 14.2. The van der Waals surface area contributed by atoms with Crippen LogP contribution in [0, 0.1) is 0 Å². The maximum atomic E-state index is 5.90. The lowest BCUT2D eigenvalue weighted by atomic mass is 10.1. The third-order valence-electron chi connectivity index (χ3n) is 4.22. The van der Waals surface area contributed by atoms with E-state index in [0.29, 0.717) is 5.89 Å². The van der Waals surface area contributed by atoms with Crippen molar-refractivity contribution in [2.24, 2.45) is 0 Å². The molecule has 0 atom stereocenters. The summed E-state index contributed by atoms with van der Waals surface area (Å²) in [5.41, 5.74) is 2.06. The number of hydrogen-bond donors (Lipinski definition) is 0. The predicted molar refractivity (Wildman–Crippen MR) is 96.3 cm³/mol. The minimum Gasteiger partial charge on any atom is -1.00 e. The van der Waals surface area contributed by atoms with Crippen LogP contribution in [0.15, 0.2) is 65.5 Å². The third kappa shape index (κ3) is 5.53. The fraction of sp³-hybridized carbons (Fsp3) is 0.333. The van der Waals surface area contributed by atoms with Gasteiger partial charge in [-0.15, -0.1) is 0 Å². The first kappa shape index (κ1) is 19.4. The summed E-state index contributed by atoms with van der Waals surface area (Å²) in [7, 11) is 0. The molecule has 0 aliphatic heterocycles. The Hall–Kier alpha value is -1.94. The minimum atomic E-state index is 0. The lowest BCUT2D eigenvalue weighted by Gasteiger charge is -1.99. The Bertz CT molecular complexity index is 738. The molecule has 0 aliphatic carbocycles. The molecule has 0 saturated heterocycles. The van der Waals surface area contributed by atoms with Crippen molar-refractivity contribution in [1.29, 1.82) is 0 Å². The minimum absolute atomic E-state index is 0. The fourth-order valence-corrected chi connectivity index (χ4v) is 2.79. The van der Waals surface area contributed by atoms with E-state index in [4.69, 9.17) is 4.42 Å². The van der Waals surface area contributed by atoms with Gasteiger partial charge in [0.05, 0.1) is 6.20 Å². The topological polar surface area (TPSA) is 29.9 Å². The molecule has 4 heteroatoms. The standard InChI is InChI=1S/C21H25N2O.BrH/c1-2-3-4-5-9-14-23-15-12-19(13-16-23)21-22-17-20(24-21)18-10-7-6-8-11-18;/h6-8,10-13,15-17H,2-5,9,14H2,1H3;1H/q+1;/p-1. The van der Waals surface area contributed by atoms with E-state index >= 15 is 0 Å². The lowest BCUT2D eigenvalue weighted by Crippen LogP contribution is -3.00. The van der Waals surface area contributed by atoms with Crippen molar-refractivity contribution in [1.82, 2.24) is 4.98 Å².